The maximum Gasteiger partial charge on any atom is 0.145 e. The van der Waals surface area contributed by atoms with E-state index in [2.05, 4.69) is 10.3 Å². The number of nitriles is 1. The molecule has 1 heterocycles. The van der Waals surface area contributed by atoms with Gasteiger partial charge in [0.25, 0.3) is 0 Å². The van der Waals surface area contributed by atoms with E-state index in [0.29, 0.717) is 18.1 Å². The number of anilines is 1. The lowest BCUT2D eigenvalue weighted by Crippen LogP contribution is -2.26. The van der Waals surface area contributed by atoms with Crippen molar-refractivity contribution < 1.29 is 9.84 Å². The van der Waals surface area contributed by atoms with Crippen molar-refractivity contribution in [1.82, 2.24) is 4.98 Å². The lowest BCUT2D eigenvalue weighted by atomic mass is 10.2. The summed E-state index contributed by atoms with van der Waals surface area (Å²) in [6.07, 6.45) is -0.672. The van der Waals surface area contributed by atoms with Crippen LogP contribution in [0.5, 0.6) is 5.75 Å². The van der Waals surface area contributed by atoms with Gasteiger partial charge in [0, 0.05) is 6.54 Å². The molecule has 0 saturated carbocycles. The predicted molar refractivity (Wildman–Crippen MR) is 84.9 cm³/mol. The molecular weight excluding hydrogens is 278 g/mol. The molecule has 5 nitrogen and oxygen atoms in total. The van der Waals surface area contributed by atoms with E-state index < -0.39 is 6.10 Å². The first kappa shape index (κ1) is 15.8. The molecule has 1 aromatic carbocycles. The largest absolute Gasteiger partial charge is 0.491 e. The fourth-order valence-corrected chi connectivity index (χ4v) is 1.92. The fraction of sp³-hybridized carbons (Fsp3) is 0.294. The number of aliphatic hydroxyl groups is 1. The quantitative estimate of drug-likeness (QED) is 0.856. The first-order valence-electron chi connectivity index (χ1n) is 7.07. The van der Waals surface area contributed by atoms with Gasteiger partial charge in [0.05, 0.1) is 0 Å². The van der Waals surface area contributed by atoms with E-state index in [9.17, 15) is 5.11 Å². The number of benzene rings is 1. The molecule has 0 aliphatic carbocycles. The molecule has 22 heavy (non-hydrogen) atoms. The zero-order valence-corrected chi connectivity index (χ0v) is 12.7. The number of aryl methyl sites for hydroxylation is 2. The van der Waals surface area contributed by atoms with E-state index in [1.807, 2.05) is 50.2 Å². The number of ether oxygens (including phenoxy) is 1. The number of nitrogens with one attached hydrogen (secondary N) is 1. The van der Waals surface area contributed by atoms with E-state index >= 15 is 0 Å². The second kappa shape index (κ2) is 7.43. The Hall–Kier alpha value is -2.58. The summed E-state index contributed by atoms with van der Waals surface area (Å²) in [4.78, 5) is 4.17. The number of aliphatic hydroxyl groups excluding tert-OH is 1. The zero-order valence-electron chi connectivity index (χ0n) is 12.7. The minimum Gasteiger partial charge on any atom is -0.491 e. The van der Waals surface area contributed by atoms with Gasteiger partial charge in [-0.05, 0) is 43.2 Å². The van der Waals surface area contributed by atoms with Crippen LogP contribution in [-0.4, -0.2) is 29.3 Å². The molecule has 0 amide bonds. The van der Waals surface area contributed by atoms with Crippen molar-refractivity contribution in [3.63, 3.8) is 0 Å². The Morgan fingerprint density at radius 2 is 2.14 bits per heavy atom. The van der Waals surface area contributed by atoms with Crippen molar-refractivity contribution in [2.45, 2.75) is 20.0 Å². The van der Waals surface area contributed by atoms with Crippen LogP contribution in [-0.2, 0) is 0 Å². The Labute approximate surface area is 130 Å². The van der Waals surface area contributed by atoms with Crippen molar-refractivity contribution in [3.8, 4) is 11.8 Å². The topological polar surface area (TPSA) is 78.2 Å². The number of aromatic nitrogens is 1. The summed E-state index contributed by atoms with van der Waals surface area (Å²) in [5.74, 6) is 1.30. The first-order chi connectivity index (χ1) is 10.6. The van der Waals surface area contributed by atoms with Crippen molar-refractivity contribution in [3.05, 3.63) is 53.2 Å². The van der Waals surface area contributed by atoms with Crippen LogP contribution >= 0.6 is 0 Å². The van der Waals surface area contributed by atoms with Gasteiger partial charge < -0.3 is 15.2 Å². The summed E-state index contributed by atoms with van der Waals surface area (Å²) in [6, 6.07) is 13.3. The Morgan fingerprint density at radius 1 is 1.32 bits per heavy atom. The highest BCUT2D eigenvalue weighted by Gasteiger charge is 2.07. The third-order valence-corrected chi connectivity index (χ3v) is 3.15. The van der Waals surface area contributed by atoms with E-state index in [-0.39, 0.29) is 6.61 Å². The molecule has 0 aliphatic heterocycles. The number of nitrogens with zero attached hydrogens (tertiary/aromatic N) is 2. The van der Waals surface area contributed by atoms with E-state index in [1.54, 1.807) is 6.07 Å². The molecule has 1 atom stereocenters. The minimum absolute atomic E-state index is 0.188. The molecule has 114 valence electrons. The number of hydrogen-bond donors (Lipinski definition) is 2. The number of hydrogen-bond acceptors (Lipinski definition) is 5. The molecule has 0 aliphatic rings. The third kappa shape index (κ3) is 4.47. The van der Waals surface area contributed by atoms with Gasteiger partial charge in [-0.2, -0.15) is 5.26 Å². The van der Waals surface area contributed by atoms with Gasteiger partial charge in [-0.1, -0.05) is 18.2 Å². The molecule has 0 radical (unpaired) electrons. The van der Waals surface area contributed by atoms with Crippen molar-refractivity contribution >= 4 is 5.82 Å². The van der Waals surface area contributed by atoms with Crippen molar-refractivity contribution in [2.75, 3.05) is 18.5 Å². The molecule has 2 aromatic rings. The molecule has 2 rings (SSSR count). The standard InChI is InChI=1S/C17H19N3O2/c1-12-4-3-5-15(8-12)22-11-14(21)10-19-17-7-6-13(2)16(9-18)20-17/h3-8,14,21H,10-11H2,1-2H3,(H,19,20). The van der Waals surface area contributed by atoms with Crippen LogP contribution < -0.4 is 10.1 Å². The van der Waals surface area contributed by atoms with Crippen molar-refractivity contribution in [1.29, 1.82) is 5.26 Å². The molecule has 5 heteroatoms. The third-order valence-electron chi connectivity index (χ3n) is 3.15. The maximum absolute atomic E-state index is 9.94. The van der Waals surface area contributed by atoms with Crippen LogP contribution in [0.15, 0.2) is 36.4 Å². The van der Waals surface area contributed by atoms with E-state index in [4.69, 9.17) is 10.00 Å². The zero-order chi connectivity index (χ0) is 15.9. The number of pyridine rings is 1. The molecule has 0 fully saturated rings. The normalized spacial score (nSPS) is 11.5. The summed E-state index contributed by atoms with van der Waals surface area (Å²) in [5.41, 5.74) is 2.32. The Kier molecular flexibility index (Phi) is 5.34. The van der Waals surface area contributed by atoms with E-state index in [0.717, 1.165) is 16.9 Å². The summed E-state index contributed by atoms with van der Waals surface area (Å²) in [7, 11) is 0. The lowest BCUT2D eigenvalue weighted by Gasteiger charge is -2.14. The van der Waals surface area contributed by atoms with Gasteiger partial charge in [-0.15, -0.1) is 0 Å². The van der Waals surface area contributed by atoms with Gasteiger partial charge >= 0.3 is 0 Å². The van der Waals surface area contributed by atoms with Crippen LogP contribution in [0, 0.1) is 25.2 Å². The van der Waals surface area contributed by atoms with Crippen LogP contribution in [0.25, 0.3) is 0 Å². The summed E-state index contributed by atoms with van der Waals surface area (Å²) >= 11 is 0. The molecule has 1 unspecified atom stereocenters. The van der Waals surface area contributed by atoms with Gasteiger partial charge in [0.1, 0.15) is 36.0 Å². The molecule has 1 aromatic heterocycles. The first-order valence-corrected chi connectivity index (χ1v) is 7.07. The van der Waals surface area contributed by atoms with Crippen LogP contribution in [0.3, 0.4) is 0 Å². The smallest absolute Gasteiger partial charge is 0.145 e. The fourth-order valence-electron chi connectivity index (χ4n) is 1.92. The minimum atomic E-state index is -0.672. The predicted octanol–water partition coefficient (Wildman–Crippen LogP) is 2.42. The second-order valence-electron chi connectivity index (χ2n) is 5.14. The Morgan fingerprint density at radius 3 is 2.86 bits per heavy atom. The monoisotopic (exact) mass is 297 g/mol. The second-order valence-corrected chi connectivity index (χ2v) is 5.14. The van der Waals surface area contributed by atoms with Gasteiger partial charge in [-0.25, -0.2) is 4.98 Å². The van der Waals surface area contributed by atoms with Gasteiger partial charge in [0.15, 0.2) is 0 Å². The maximum atomic E-state index is 9.94. The highest BCUT2D eigenvalue weighted by molar-refractivity contribution is 5.42. The van der Waals surface area contributed by atoms with Gasteiger partial charge in [-0.3, -0.25) is 0 Å². The van der Waals surface area contributed by atoms with Crippen LogP contribution in [0.1, 0.15) is 16.8 Å². The number of rotatable bonds is 6. The molecule has 0 saturated heterocycles. The van der Waals surface area contributed by atoms with Crippen molar-refractivity contribution in [2.24, 2.45) is 0 Å². The van der Waals surface area contributed by atoms with E-state index in [1.165, 1.54) is 0 Å². The average molecular weight is 297 g/mol. The van der Waals surface area contributed by atoms with Crippen LogP contribution in [0.4, 0.5) is 5.82 Å². The average Bonchev–Trinajstić information content (AvgIpc) is 2.52. The Balaban J connectivity index is 1.83. The Bertz CT molecular complexity index is 680. The molecule has 0 spiro atoms. The summed E-state index contributed by atoms with van der Waals surface area (Å²) in [5, 5.41) is 21.9. The van der Waals surface area contributed by atoms with Crippen LogP contribution in [0.2, 0.25) is 0 Å². The highest BCUT2D eigenvalue weighted by atomic mass is 16.5. The van der Waals surface area contributed by atoms with Gasteiger partial charge in [0.2, 0.25) is 0 Å². The molecular formula is C17H19N3O2. The molecule has 2 N–H and O–H groups in total. The SMILES string of the molecule is Cc1cccc(OCC(O)CNc2ccc(C)c(C#N)n2)c1. The highest BCUT2D eigenvalue weighted by Crippen LogP contribution is 2.13. The molecule has 0 bridgehead atoms. The lowest BCUT2D eigenvalue weighted by molar-refractivity contribution is 0.117. The summed E-state index contributed by atoms with van der Waals surface area (Å²) < 4.78 is 5.54. The summed E-state index contributed by atoms with van der Waals surface area (Å²) in [6.45, 7) is 4.31.